The Morgan fingerprint density at radius 3 is 1.98 bits per heavy atom. The second-order valence-electron chi connectivity index (χ2n) is 14.9. The summed E-state index contributed by atoms with van der Waals surface area (Å²) in [5, 5.41) is 10.7. The van der Waals surface area contributed by atoms with Crippen LogP contribution in [0.2, 0.25) is 0 Å². The van der Waals surface area contributed by atoms with E-state index in [9.17, 15) is 24.3 Å². The fraction of sp³-hybridized carbons (Fsp3) is 0.191. The predicted octanol–water partition coefficient (Wildman–Crippen LogP) is 10.4. The number of aliphatic carboxylic acids is 1. The minimum atomic E-state index is -1.24. The largest absolute Gasteiger partial charge is 0.480 e. The first kappa shape index (κ1) is 43.2. The Bertz CT molecular complexity index is 3140. The number of hydrogen-bond donors (Lipinski definition) is 1. The fourth-order valence-electron chi connectivity index (χ4n) is 7.46. The number of hydrogen-bond acceptors (Lipinski definition) is 14. The normalized spacial score (nSPS) is 14.0. The lowest BCUT2D eigenvalue weighted by atomic mass is 10.1. The van der Waals surface area contributed by atoms with Gasteiger partial charge in [-0.3, -0.25) is 28.6 Å². The number of carbonyl (C=O) groups excluding carboxylic acids is 2. The molecule has 322 valence electrons. The summed E-state index contributed by atoms with van der Waals surface area (Å²) in [6, 6.07) is 33.0. The number of benzene rings is 4. The van der Waals surface area contributed by atoms with Crippen molar-refractivity contribution in [3.05, 3.63) is 134 Å². The van der Waals surface area contributed by atoms with E-state index in [-0.39, 0.29) is 20.6 Å². The molecule has 1 fully saturated rings. The van der Waals surface area contributed by atoms with Gasteiger partial charge in [-0.15, -0.1) is 34.0 Å². The first-order chi connectivity index (χ1) is 31.3. The van der Waals surface area contributed by atoms with Gasteiger partial charge in [0, 0.05) is 52.0 Å². The Kier molecular flexibility index (Phi) is 13.0. The summed E-state index contributed by atoms with van der Waals surface area (Å²) in [5.41, 5.74) is 6.67. The number of anilines is 3. The molecule has 17 heteroatoms. The fourth-order valence-corrected chi connectivity index (χ4v) is 12.1. The average molecular weight is 942 g/mol. The van der Waals surface area contributed by atoms with E-state index in [0.29, 0.717) is 27.3 Å². The van der Waals surface area contributed by atoms with Crippen LogP contribution in [0.3, 0.4) is 0 Å². The maximum atomic E-state index is 13.7. The molecule has 1 aliphatic heterocycles. The Balaban J connectivity index is 0.967. The van der Waals surface area contributed by atoms with Crippen molar-refractivity contribution in [3.63, 3.8) is 0 Å². The molecule has 0 unspecified atom stereocenters. The van der Waals surface area contributed by atoms with Crippen LogP contribution in [0.5, 0.6) is 0 Å². The Labute approximate surface area is 387 Å². The van der Waals surface area contributed by atoms with Gasteiger partial charge in [0.05, 0.1) is 21.1 Å². The van der Waals surface area contributed by atoms with Gasteiger partial charge in [0.2, 0.25) is 0 Å². The number of aromatic nitrogens is 5. The molecule has 8 aromatic rings. The highest BCUT2D eigenvalue weighted by Gasteiger charge is 2.36. The zero-order chi connectivity index (χ0) is 44.2. The molecule has 0 saturated carbocycles. The predicted molar refractivity (Wildman–Crippen MR) is 260 cm³/mol. The van der Waals surface area contributed by atoms with Gasteiger partial charge in [0.25, 0.3) is 16.7 Å². The number of para-hydroxylation sites is 2. The van der Waals surface area contributed by atoms with Gasteiger partial charge < -0.3 is 10.0 Å². The Morgan fingerprint density at radius 2 is 1.33 bits per heavy atom. The molecule has 4 aromatic carbocycles. The van der Waals surface area contributed by atoms with E-state index < -0.39 is 29.2 Å². The molecule has 1 saturated heterocycles. The number of amides is 2. The van der Waals surface area contributed by atoms with Gasteiger partial charge in [-0.2, -0.15) is 8.75 Å². The monoisotopic (exact) mass is 941 g/mol. The minimum absolute atomic E-state index is 0.0711. The third-order valence-corrected chi connectivity index (χ3v) is 15.4. The van der Waals surface area contributed by atoms with Crippen LogP contribution >= 0.6 is 57.5 Å². The van der Waals surface area contributed by atoms with Crippen molar-refractivity contribution in [1.29, 1.82) is 0 Å². The zero-order valence-corrected chi connectivity index (χ0v) is 38.5. The minimum Gasteiger partial charge on any atom is -0.480 e. The molecule has 0 spiro atoms. The molecule has 1 N–H and O–H groups in total. The van der Waals surface area contributed by atoms with Gasteiger partial charge in [-0.1, -0.05) is 87.6 Å². The SMILES string of the molecule is CCCCCCCCN1C(=O)S/C(=c2/s/c(=C/c3cnc(-c4ccc(-c5ncc(-c6ccc(N(c7ccccc7)c7ccccc7)cc6)s5)c5nsnc45)s3)c(=O)n2CC(=O)O)C1=O. The maximum absolute atomic E-state index is 13.7. The summed E-state index contributed by atoms with van der Waals surface area (Å²) < 4.78 is 10.8. The Morgan fingerprint density at radius 1 is 0.719 bits per heavy atom. The van der Waals surface area contributed by atoms with E-state index in [1.54, 1.807) is 23.6 Å². The van der Waals surface area contributed by atoms with Crippen LogP contribution in [-0.2, 0) is 16.1 Å². The topological polar surface area (TPSA) is 151 Å². The van der Waals surface area contributed by atoms with Gasteiger partial charge in [-0.05, 0) is 78.4 Å². The van der Waals surface area contributed by atoms with Crippen molar-refractivity contribution in [2.45, 2.75) is 52.0 Å². The molecular weight excluding hydrogens is 903 g/mol. The molecule has 0 aliphatic carbocycles. The molecule has 4 aromatic heterocycles. The number of thioether (sulfide) groups is 1. The van der Waals surface area contributed by atoms with Gasteiger partial charge in [0.1, 0.15) is 37.2 Å². The molecule has 0 bridgehead atoms. The lowest BCUT2D eigenvalue weighted by molar-refractivity contribution is -0.137. The number of unbranched alkanes of at least 4 members (excludes halogenated alkanes) is 5. The third-order valence-electron chi connectivity index (χ3n) is 10.6. The molecule has 5 heterocycles. The van der Waals surface area contributed by atoms with E-state index in [0.717, 1.165) is 115 Å². The van der Waals surface area contributed by atoms with Crippen LogP contribution in [0.1, 0.15) is 50.3 Å². The number of carbonyl (C=O) groups is 3. The van der Waals surface area contributed by atoms with Crippen molar-refractivity contribution >= 4 is 114 Å². The van der Waals surface area contributed by atoms with Gasteiger partial charge in [0.15, 0.2) is 0 Å². The molecule has 2 amide bonds. The van der Waals surface area contributed by atoms with Crippen LogP contribution in [0.4, 0.5) is 21.9 Å². The van der Waals surface area contributed by atoms with Crippen molar-refractivity contribution in [3.8, 4) is 31.6 Å². The molecular formula is C47H39N7O5S5. The quantitative estimate of drug-likeness (QED) is 0.0922. The first-order valence-electron chi connectivity index (χ1n) is 20.7. The number of imide groups is 1. The third kappa shape index (κ3) is 8.99. The van der Waals surface area contributed by atoms with E-state index in [4.69, 9.17) is 4.98 Å². The zero-order valence-electron chi connectivity index (χ0n) is 34.4. The number of rotatable bonds is 16. The van der Waals surface area contributed by atoms with E-state index in [1.165, 1.54) is 16.2 Å². The molecule has 0 radical (unpaired) electrons. The molecule has 12 nitrogen and oxygen atoms in total. The van der Waals surface area contributed by atoms with Crippen molar-refractivity contribution in [1.82, 2.24) is 28.2 Å². The Hall–Kier alpha value is -6.11. The van der Waals surface area contributed by atoms with Crippen LogP contribution in [-0.4, -0.2) is 56.9 Å². The molecule has 9 rings (SSSR count). The average Bonchev–Trinajstić information content (AvgIpc) is 4.17. The number of carboxylic acid groups (broad SMARTS) is 1. The summed E-state index contributed by atoms with van der Waals surface area (Å²) in [7, 11) is 0. The number of thiazole rings is 3. The highest BCUT2D eigenvalue weighted by atomic mass is 32.2. The maximum Gasteiger partial charge on any atom is 0.323 e. The highest BCUT2D eigenvalue weighted by Crippen LogP contribution is 2.41. The standard InChI is InChI=1S/C47H39N7O5S5/c1-2-3-4-5-6-13-24-52-45(58)41(63-47(52)59)46-53(28-38(55)56)44(57)36(62-46)25-33-26-48-42(60-33)34-22-23-35(40-39(34)50-64-51-40)43-49-27-37(61-43)29-18-20-32(21-19-29)54(30-14-9-7-10-15-30)31-16-11-8-12-17-31/h7-12,14-23,25-27H,2-6,13,24,28H2,1H3,(H,55,56)/b36-25+,46-41+. The number of nitrogens with zero attached hydrogens (tertiary/aromatic N) is 7. The first-order valence-corrected chi connectivity index (χ1v) is 24.7. The lowest BCUT2D eigenvalue weighted by Gasteiger charge is -2.25. The van der Waals surface area contributed by atoms with Crippen LogP contribution in [0.15, 0.2) is 114 Å². The smallest absolute Gasteiger partial charge is 0.323 e. The van der Waals surface area contributed by atoms with Gasteiger partial charge >= 0.3 is 5.97 Å². The van der Waals surface area contributed by atoms with Crippen LogP contribution in [0.25, 0.3) is 53.6 Å². The summed E-state index contributed by atoms with van der Waals surface area (Å²) in [5.74, 6) is -1.74. The van der Waals surface area contributed by atoms with Crippen molar-refractivity contribution in [2.75, 3.05) is 11.4 Å². The van der Waals surface area contributed by atoms with E-state index >= 15 is 0 Å². The molecule has 64 heavy (non-hydrogen) atoms. The van der Waals surface area contributed by atoms with Gasteiger partial charge in [-0.25, -0.2) is 9.97 Å². The van der Waals surface area contributed by atoms with E-state index in [1.807, 2.05) is 54.7 Å². The van der Waals surface area contributed by atoms with Crippen LogP contribution < -0.4 is 19.7 Å². The van der Waals surface area contributed by atoms with E-state index in [2.05, 4.69) is 74.1 Å². The number of carboxylic acids is 1. The second kappa shape index (κ2) is 19.3. The second-order valence-corrected chi connectivity index (χ2v) is 19.5. The van der Waals surface area contributed by atoms with Crippen molar-refractivity contribution < 1.29 is 19.5 Å². The molecule has 0 atom stereocenters. The van der Waals surface area contributed by atoms with Crippen molar-refractivity contribution in [2.24, 2.45) is 0 Å². The van der Waals surface area contributed by atoms with Crippen LogP contribution in [0, 0.1) is 0 Å². The highest BCUT2D eigenvalue weighted by molar-refractivity contribution is 8.23. The summed E-state index contributed by atoms with van der Waals surface area (Å²) >= 11 is 5.78. The summed E-state index contributed by atoms with van der Waals surface area (Å²) in [4.78, 5) is 66.7. The molecule has 1 aliphatic rings. The summed E-state index contributed by atoms with van der Waals surface area (Å²) in [6.45, 7) is 1.78. The summed E-state index contributed by atoms with van der Waals surface area (Å²) in [6.07, 6.45) is 11.2. The lowest BCUT2D eigenvalue weighted by Crippen LogP contribution is -2.35. The number of fused-ring (bicyclic) bond motifs is 1.